The van der Waals surface area contributed by atoms with Gasteiger partial charge in [0.25, 0.3) is 0 Å². The Bertz CT molecular complexity index is 437. The summed E-state index contributed by atoms with van der Waals surface area (Å²) in [7, 11) is 0. The first-order valence-electron chi connectivity index (χ1n) is 3.86. The third-order valence-corrected chi connectivity index (χ3v) is 2.48. The summed E-state index contributed by atoms with van der Waals surface area (Å²) in [6, 6.07) is 12.0. The molecule has 2 heteroatoms. The van der Waals surface area contributed by atoms with Crippen LogP contribution < -0.4 is 0 Å². The maximum Gasteiger partial charge on any atom is 0.101 e. The Morgan fingerprint density at radius 2 is 2.00 bits per heavy atom. The maximum absolute atomic E-state index is 8.79. The van der Waals surface area contributed by atoms with Gasteiger partial charge in [-0.3, -0.25) is 0 Å². The van der Waals surface area contributed by atoms with E-state index in [-0.39, 0.29) is 0 Å². The Labute approximate surface area is 80.9 Å². The minimum Gasteiger partial charge on any atom is -0.192 e. The van der Waals surface area contributed by atoms with Crippen LogP contribution in [0.4, 0.5) is 0 Å². The van der Waals surface area contributed by atoms with E-state index >= 15 is 0 Å². The summed E-state index contributed by atoms with van der Waals surface area (Å²) < 4.78 is 0. The van der Waals surface area contributed by atoms with Gasteiger partial charge in [-0.2, -0.15) is 5.26 Å². The molecule has 2 aromatic rings. The zero-order chi connectivity index (χ0) is 9.10. The highest BCUT2D eigenvalue weighted by atomic mass is 32.1. The van der Waals surface area contributed by atoms with Crippen molar-refractivity contribution in [1.82, 2.24) is 0 Å². The molecule has 0 unspecified atom stereocenters. The fraction of sp³-hybridized carbons (Fsp3) is 0. The summed E-state index contributed by atoms with van der Waals surface area (Å²) in [5.74, 6) is 0. The van der Waals surface area contributed by atoms with Crippen molar-refractivity contribution in [2.75, 3.05) is 0 Å². The monoisotopic (exact) mass is 184 g/mol. The van der Waals surface area contributed by atoms with Crippen molar-refractivity contribution in [3.05, 3.63) is 46.7 Å². The zero-order valence-electron chi connectivity index (χ0n) is 6.82. The molecular weight excluding hydrogens is 178 g/mol. The van der Waals surface area contributed by atoms with Crippen molar-refractivity contribution >= 4 is 11.3 Å². The topological polar surface area (TPSA) is 23.8 Å². The van der Waals surface area contributed by atoms with Gasteiger partial charge in [0.15, 0.2) is 0 Å². The van der Waals surface area contributed by atoms with Gasteiger partial charge in [-0.1, -0.05) is 30.3 Å². The number of nitrogens with zero attached hydrogens (tertiary/aromatic N) is 1. The number of hydrogen-bond acceptors (Lipinski definition) is 2. The molecule has 0 aliphatic carbocycles. The largest absolute Gasteiger partial charge is 0.192 e. The summed E-state index contributed by atoms with van der Waals surface area (Å²) in [6.07, 6.45) is 0. The Morgan fingerprint density at radius 3 is 2.69 bits per heavy atom. The van der Waals surface area contributed by atoms with Gasteiger partial charge in [0.05, 0.1) is 10.9 Å². The fourth-order valence-corrected chi connectivity index (χ4v) is 1.88. The molecule has 0 atom stereocenters. The zero-order valence-corrected chi connectivity index (χ0v) is 7.64. The van der Waals surface area contributed by atoms with Crippen LogP contribution in [0.2, 0.25) is 0 Å². The van der Waals surface area contributed by atoms with Crippen LogP contribution in [0.1, 0.15) is 5.56 Å². The summed E-state index contributed by atoms with van der Waals surface area (Å²) in [4.78, 5) is 0. The van der Waals surface area contributed by atoms with Crippen LogP contribution in [0.15, 0.2) is 35.7 Å². The number of rotatable bonds is 1. The molecule has 0 saturated carbocycles. The lowest BCUT2D eigenvalue weighted by molar-refractivity contribution is 1.50. The predicted molar refractivity (Wildman–Crippen MR) is 53.3 cm³/mol. The molecule has 0 fully saturated rings. The van der Waals surface area contributed by atoms with E-state index in [0.717, 1.165) is 11.1 Å². The van der Waals surface area contributed by atoms with Crippen molar-refractivity contribution in [3.8, 4) is 17.2 Å². The van der Waals surface area contributed by atoms with Crippen molar-refractivity contribution in [2.45, 2.75) is 0 Å². The summed E-state index contributed by atoms with van der Waals surface area (Å²) in [6.45, 7) is 0. The van der Waals surface area contributed by atoms with Gasteiger partial charge in [-0.25, -0.2) is 0 Å². The lowest BCUT2D eigenvalue weighted by Gasteiger charge is -1.96. The van der Waals surface area contributed by atoms with Crippen molar-refractivity contribution < 1.29 is 0 Å². The van der Waals surface area contributed by atoms with E-state index < -0.39 is 0 Å². The number of hydrogen-bond donors (Lipinski definition) is 0. The Kier molecular flexibility index (Phi) is 2.11. The first-order chi connectivity index (χ1) is 6.42. The average molecular weight is 184 g/mol. The number of thiophene rings is 1. The Morgan fingerprint density at radius 1 is 1.23 bits per heavy atom. The van der Waals surface area contributed by atoms with Crippen LogP contribution in [0.25, 0.3) is 11.1 Å². The highest BCUT2D eigenvalue weighted by Gasteiger charge is 2.04. The molecule has 1 radical (unpaired) electrons. The minimum absolute atomic E-state index is 0.635. The molecule has 0 aliphatic rings. The lowest BCUT2D eigenvalue weighted by atomic mass is 10.1. The average Bonchev–Trinajstić information content (AvgIpc) is 2.67. The van der Waals surface area contributed by atoms with Crippen LogP contribution in [-0.4, -0.2) is 0 Å². The molecule has 0 spiro atoms. The molecule has 61 valence electrons. The van der Waals surface area contributed by atoms with Crippen LogP contribution in [-0.2, 0) is 0 Å². The van der Waals surface area contributed by atoms with Gasteiger partial charge in [0.1, 0.15) is 6.07 Å². The first-order valence-corrected chi connectivity index (χ1v) is 4.74. The second-order valence-electron chi connectivity index (χ2n) is 2.60. The first kappa shape index (κ1) is 8.03. The van der Waals surface area contributed by atoms with Gasteiger partial charge >= 0.3 is 0 Å². The quantitative estimate of drug-likeness (QED) is 0.668. The van der Waals surface area contributed by atoms with E-state index in [1.165, 1.54) is 11.3 Å². The van der Waals surface area contributed by atoms with E-state index in [2.05, 4.69) is 11.4 Å². The number of benzene rings is 1. The third-order valence-electron chi connectivity index (χ3n) is 1.80. The third kappa shape index (κ3) is 1.47. The molecule has 1 aromatic heterocycles. The maximum atomic E-state index is 8.79. The van der Waals surface area contributed by atoms with E-state index in [0.29, 0.717) is 5.56 Å². The molecular formula is C11H6NS. The molecule has 1 aromatic carbocycles. The Balaban J connectivity index is 2.54. The number of nitriles is 1. The summed E-state index contributed by atoms with van der Waals surface area (Å²) in [5, 5.41) is 13.7. The fourth-order valence-electron chi connectivity index (χ4n) is 1.17. The van der Waals surface area contributed by atoms with Crippen molar-refractivity contribution in [2.24, 2.45) is 0 Å². The van der Waals surface area contributed by atoms with Gasteiger partial charge in [0, 0.05) is 10.9 Å². The van der Waals surface area contributed by atoms with Crippen LogP contribution in [0.3, 0.4) is 0 Å². The van der Waals surface area contributed by atoms with E-state index in [1.54, 1.807) is 0 Å². The molecule has 2 rings (SSSR count). The van der Waals surface area contributed by atoms with Gasteiger partial charge < -0.3 is 0 Å². The van der Waals surface area contributed by atoms with Gasteiger partial charge in [-0.15, -0.1) is 11.3 Å². The second kappa shape index (κ2) is 3.42. The van der Waals surface area contributed by atoms with Crippen LogP contribution >= 0.6 is 11.3 Å². The van der Waals surface area contributed by atoms with E-state index in [9.17, 15) is 0 Å². The summed E-state index contributed by atoms with van der Waals surface area (Å²) in [5.41, 5.74) is 2.70. The van der Waals surface area contributed by atoms with Crippen molar-refractivity contribution in [1.29, 1.82) is 5.26 Å². The van der Waals surface area contributed by atoms with Gasteiger partial charge in [-0.05, 0) is 5.56 Å². The second-order valence-corrected chi connectivity index (χ2v) is 3.28. The van der Waals surface area contributed by atoms with Crippen molar-refractivity contribution in [3.63, 3.8) is 0 Å². The standard InChI is InChI=1S/C11H6NS/c12-6-10-7-13-8-11(10)9-4-2-1-3-5-9/h1-5,8H. The molecule has 0 saturated heterocycles. The normalized spacial score (nSPS) is 9.46. The predicted octanol–water partition coefficient (Wildman–Crippen LogP) is 3.09. The van der Waals surface area contributed by atoms with Gasteiger partial charge in [0.2, 0.25) is 0 Å². The molecule has 0 bridgehead atoms. The summed E-state index contributed by atoms with van der Waals surface area (Å²) >= 11 is 1.44. The smallest absolute Gasteiger partial charge is 0.101 e. The van der Waals surface area contributed by atoms with Crippen LogP contribution in [0.5, 0.6) is 0 Å². The van der Waals surface area contributed by atoms with Crippen LogP contribution in [0, 0.1) is 16.7 Å². The molecule has 0 N–H and O–H groups in total. The molecule has 13 heavy (non-hydrogen) atoms. The lowest BCUT2D eigenvalue weighted by Crippen LogP contribution is -1.76. The molecule has 1 nitrogen and oxygen atoms in total. The highest BCUT2D eigenvalue weighted by molar-refractivity contribution is 7.08. The SMILES string of the molecule is N#Cc1[c]scc1-c1ccccc1. The Hall–Kier alpha value is -1.59. The molecule has 1 heterocycles. The van der Waals surface area contributed by atoms with E-state index in [1.807, 2.05) is 35.7 Å². The minimum atomic E-state index is 0.635. The molecule has 0 aliphatic heterocycles. The molecule has 0 amide bonds. The highest BCUT2D eigenvalue weighted by Crippen LogP contribution is 2.25. The van der Waals surface area contributed by atoms with E-state index in [4.69, 9.17) is 5.26 Å².